The predicted octanol–water partition coefficient (Wildman–Crippen LogP) is 13.3. The molecule has 1 nitrogen and oxygen atoms in total. The molecule has 0 amide bonds. The average Bonchev–Trinajstić information content (AvgIpc) is 3.77. The lowest BCUT2D eigenvalue weighted by molar-refractivity contribution is 0.669. The van der Waals surface area contributed by atoms with Gasteiger partial charge in [0.05, 0.1) is 11.0 Å². The maximum atomic E-state index is 9.28. The van der Waals surface area contributed by atoms with Crippen LogP contribution in [0, 0.1) is 0 Å². The molecule has 2 heteroatoms. The summed E-state index contributed by atoms with van der Waals surface area (Å²) in [7, 11) is 0. The molecular formula is C44H26OS. The van der Waals surface area contributed by atoms with E-state index in [9.17, 15) is 5.48 Å². The Kier molecular flexibility index (Phi) is 4.08. The van der Waals surface area contributed by atoms with Gasteiger partial charge in [0.25, 0.3) is 0 Å². The van der Waals surface area contributed by atoms with Gasteiger partial charge in [-0.2, -0.15) is 0 Å². The van der Waals surface area contributed by atoms with E-state index < -0.39 is 24.2 Å². The normalized spacial score (nSPS) is 14.3. The lowest BCUT2D eigenvalue weighted by Crippen LogP contribution is -1.91. The molecule has 0 spiro atoms. The Morgan fingerprint density at radius 2 is 0.913 bits per heavy atom. The maximum absolute atomic E-state index is 9.28. The Morgan fingerprint density at radius 3 is 1.65 bits per heavy atom. The van der Waals surface area contributed by atoms with Gasteiger partial charge >= 0.3 is 0 Å². The number of furan rings is 1. The minimum Gasteiger partial charge on any atom is -0.456 e. The van der Waals surface area contributed by atoms with Gasteiger partial charge in [-0.05, 0) is 85.3 Å². The highest BCUT2D eigenvalue weighted by molar-refractivity contribution is 7.25. The second-order valence-electron chi connectivity index (χ2n) is 11.4. The Balaban J connectivity index is 1.28. The quantitative estimate of drug-likeness (QED) is 0.181. The average molecular weight is 611 g/mol. The summed E-state index contributed by atoms with van der Waals surface area (Å²) in [6.45, 7) is 0. The van der Waals surface area contributed by atoms with Crippen LogP contribution in [0.3, 0.4) is 0 Å². The van der Waals surface area contributed by atoms with Crippen LogP contribution in [-0.4, -0.2) is 0 Å². The Labute approximate surface area is 280 Å². The van der Waals surface area contributed by atoms with Crippen molar-refractivity contribution in [2.45, 2.75) is 0 Å². The number of thiophene rings is 1. The maximum Gasteiger partial charge on any atom is 0.136 e. The summed E-state index contributed by atoms with van der Waals surface area (Å²) in [5.41, 5.74) is 5.18. The van der Waals surface area contributed by atoms with Crippen molar-refractivity contribution in [3.63, 3.8) is 0 Å². The second-order valence-corrected chi connectivity index (χ2v) is 12.5. The number of para-hydroxylation sites is 1. The summed E-state index contributed by atoms with van der Waals surface area (Å²) in [4.78, 5) is 0. The largest absolute Gasteiger partial charge is 0.456 e. The van der Waals surface area contributed by atoms with E-state index in [-0.39, 0.29) is 45.7 Å². The van der Waals surface area contributed by atoms with Crippen molar-refractivity contribution < 1.29 is 15.4 Å². The van der Waals surface area contributed by atoms with Crippen molar-refractivity contribution in [3.05, 3.63) is 158 Å². The van der Waals surface area contributed by atoms with E-state index in [0.717, 1.165) is 53.2 Å². The lowest BCUT2D eigenvalue weighted by Gasteiger charge is -2.18. The third-order valence-corrected chi connectivity index (χ3v) is 10.1. The number of hydrogen-bond acceptors (Lipinski definition) is 2. The molecule has 2 aromatic heterocycles. The Bertz CT molecular complexity index is 3170. The zero-order chi connectivity index (χ0) is 37.2. The first-order valence-corrected chi connectivity index (χ1v) is 15.8. The van der Waals surface area contributed by atoms with Crippen molar-refractivity contribution in [3.8, 4) is 33.4 Å². The molecule has 0 bridgehead atoms. The molecule has 8 aromatic carbocycles. The van der Waals surface area contributed by atoms with Gasteiger partial charge in [0.1, 0.15) is 11.2 Å². The molecule has 0 N–H and O–H groups in total. The number of rotatable bonds is 3. The van der Waals surface area contributed by atoms with Gasteiger partial charge < -0.3 is 4.42 Å². The standard InChI is InChI=1S/C44H26OS/c1-3-13-37-35(11-1)43(28-19-17-27(18-20-28)29-21-23-32-31-9-5-7-15-39(31)45-40(32)25-29)36-12-2-4-14-38(36)44(37)30-22-24-34-33-10-6-8-16-41(33)46-42(34)26-30/h1-26H/i1D,2D,3D,4D,11D,12D,13D,14D. The zero-order valence-corrected chi connectivity index (χ0v) is 25.0. The van der Waals surface area contributed by atoms with E-state index in [4.69, 9.17) is 9.90 Å². The molecule has 10 rings (SSSR count). The highest BCUT2D eigenvalue weighted by Gasteiger charge is 2.18. The molecule has 0 saturated carbocycles. The Morgan fingerprint density at radius 1 is 0.391 bits per heavy atom. The van der Waals surface area contributed by atoms with Crippen LogP contribution in [0.1, 0.15) is 11.0 Å². The van der Waals surface area contributed by atoms with Crippen LogP contribution < -0.4 is 0 Å². The number of benzene rings is 8. The zero-order valence-electron chi connectivity index (χ0n) is 32.2. The van der Waals surface area contributed by atoms with Gasteiger partial charge in [-0.15, -0.1) is 11.3 Å². The molecular weight excluding hydrogens is 577 g/mol. The smallest absolute Gasteiger partial charge is 0.136 e. The van der Waals surface area contributed by atoms with Gasteiger partial charge in [0.15, 0.2) is 0 Å². The van der Waals surface area contributed by atoms with Crippen molar-refractivity contribution in [2.24, 2.45) is 0 Å². The van der Waals surface area contributed by atoms with Crippen LogP contribution in [-0.2, 0) is 0 Å². The first kappa shape index (κ1) is 19.0. The molecule has 2 heterocycles. The SMILES string of the molecule is [2H]c1c([2H])c([2H])c2c(-c3ccc4c(c3)sc3ccccc34)c3c([2H])c([2H])c([2H])c([2H])c3c(-c3ccc(-c4ccc5c(c4)oc4ccccc45)cc3)c2c1[2H]. The van der Waals surface area contributed by atoms with E-state index in [2.05, 4.69) is 12.1 Å². The summed E-state index contributed by atoms with van der Waals surface area (Å²) >= 11 is 1.60. The van der Waals surface area contributed by atoms with E-state index in [1.54, 1.807) is 11.3 Å². The minimum atomic E-state index is -0.421. The molecule has 0 fully saturated rings. The van der Waals surface area contributed by atoms with E-state index >= 15 is 0 Å². The molecule has 46 heavy (non-hydrogen) atoms. The van der Waals surface area contributed by atoms with Gasteiger partial charge in [0.2, 0.25) is 0 Å². The van der Waals surface area contributed by atoms with Gasteiger partial charge in [-0.1, -0.05) is 127 Å². The predicted molar refractivity (Wildman–Crippen MR) is 198 cm³/mol. The van der Waals surface area contributed by atoms with E-state index in [0.29, 0.717) is 22.3 Å². The summed E-state index contributed by atoms with van der Waals surface area (Å²) < 4.78 is 80.3. The molecule has 214 valence electrons. The van der Waals surface area contributed by atoms with Crippen LogP contribution >= 0.6 is 11.3 Å². The van der Waals surface area contributed by atoms with E-state index in [1.807, 2.05) is 97.1 Å². The number of fused-ring (bicyclic) bond motifs is 8. The summed E-state index contributed by atoms with van der Waals surface area (Å²) in [6.07, 6.45) is 0. The first-order valence-electron chi connectivity index (χ1n) is 19.0. The molecule has 10 aromatic rings. The Hall–Kier alpha value is -5.70. The summed E-state index contributed by atoms with van der Waals surface area (Å²) in [6, 6.07) is 32.6. The minimum absolute atomic E-state index is 0.196. The first-order chi connectivity index (χ1) is 26.1. The van der Waals surface area contributed by atoms with Gasteiger partial charge in [0, 0.05) is 30.9 Å². The van der Waals surface area contributed by atoms with Gasteiger partial charge in [-0.3, -0.25) is 0 Å². The highest BCUT2D eigenvalue weighted by Crippen LogP contribution is 2.45. The van der Waals surface area contributed by atoms with Crippen molar-refractivity contribution >= 4 is 75.0 Å². The third-order valence-electron chi connectivity index (χ3n) is 8.93. The van der Waals surface area contributed by atoms with Crippen LogP contribution in [0.15, 0.2) is 162 Å². The number of hydrogen-bond donors (Lipinski definition) is 0. The molecule has 0 radical (unpaired) electrons. The van der Waals surface area contributed by atoms with Crippen molar-refractivity contribution in [1.82, 2.24) is 0 Å². The lowest BCUT2D eigenvalue weighted by atomic mass is 9.85. The fourth-order valence-corrected chi connectivity index (χ4v) is 7.96. The monoisotopic (exact) mass is 610 g/mol. The summed E-state index contributed by atoms with van der Waals surface area (Å²) in [5, 5.41) is 4.98. The highest BCUT2D eigenvalue weighted by atomic mass is 32.1. The van der Waals surface area contributed by atoms with Crippen LogP contribution in [0.4, 0.5) is 0 Å². The van der Waals surface area contributed by atoms with Crippen LogP contribution in [0.25, 0.3) is 97.0 Å². The van der Waals surface area contributed by atoms with Crippen molar-refractivity contribution in [2.75, 3.05) is 0 Å². The van der Waals surface area contributed by atoms with Crippen LogP contribution in [0.2, 0.25) is 0 Å². The molecule has 0 aliphatic carbocycles. The van der Waals surface area contributed by atoms with Crippen molar-refractivity contribution in [1.29, 1.82) is 0 Å². The van der Waals surface area contributed by atoms with Crippen LogP contribution in [0.5, 0.6) is 0 Å². The molecule has 0 aliphatic rings. The van der Waals surface area contributed by atoms with E-state index in [1.165, 1.54) is 0 Å². The fourth-order valence-electron chi connectivity index (χ4n) is 6.82. The third kappa shape index (κ3) is 3.81. The summed E-state index contributed by atoms with van der Waals surface area (Å²) in [5.74, 6) is 0. The fraction of sp³-hybridized carbons (Fsp3) is 0. The topological polar surface area (TPSA) is 13.1 Å². The van der Waals surface area contributed by atoms with Gasteiger partial charge in [-0.25, -0.2) is 0 Å². The molecule has 0 aliphatic heterocycles. The molecule has 0 atom stereocenters. The second kappa shape index (κ2) is 9.90. The molecule has 0 unspecified atom stereocenters. The molecule has 0 saturated heterocycles.